The summed E-state index contributed by atoms with van der Waals surface area (Å²) in [6.07, 6.45) is 8.04. The smallest absolute Gasteiger partial charge is 0.225 e. The van der Waals surface area contributed by atoms with Gasteiger partial charge in [0.05, 0.1) is 10.9 Å². The molecule has 116 valence electrons. The van der Waals surface area contributed by atoms with Crippen LogP contribution in [0.3, 0.4) is 0 Å². The van der Waals surface area contributed by atoms with Gasteiger partial charge in [0, 0.05) is 38.3 Å². The fourth-order valence-electron chi connectivity index (χ4n) is 3.15. The van der Waals surface area contributed by atoms with Crippen LogP contribution in [-0.4, -0.2) is 47.0 Å². The summed E-state index contributed by atoms with van der Waals surface area (Å²) in [5.74, 6) is 0.682. The van der Waals surface area contributed by atoms with Gasteiger partial charge in [-0.3, -0.25) is 9.78 Å². The van der Waals surface area contributed by atoms with Crippen molar-refractivity contribution in [2.24, 2.45) is 5.92 Å². The Balaban J connectivity index is 1.46. The number of hydrogen-bond donors (Lipinski definition) is 0. The first-order chi connectivity index (χ1) is 10.8. The number of nitrogens with zero attached hydrogens (tertiary/aromatic N) is 4. The van der Waals surface area contributed by atoms with Gasteiger partial charge in [-0.05, 0) is 25.3 Å². The Hall–Kier alpha value is -1.69. The number of rotatable bonds is 2. The Kier molecular flexibility index (Phi) is 3.70. The normalized spacial score (nSPS) is 20.0. The Morgan fingerprint density at radius 1 is 1.18 bits per heavy atom. The van der Waals surface area contributed by atoms with Crippen LogP contribution in [0.25, 0.3) is 10.2 Å². The Labute approximate surface area is 134 Å². The minimum Gasteiger partial charge on any atom is -0.346 e. The van der Waals surface area contributed by atoms with E-state index >= 15 is 0 Å². The lowest BCUT2D eigenvalue weighted by Crippen LogP contribution is -2.41. The third-order valence-corrected chi connectivity index (χ3v) is 5.81. The predicted octanol–water partition coefficient (Wildman–Crippen LogP) is 2.53. The summed E-state index contributed by atoms with van der Waals surface area (Å²) in [6.45, 7) is 3.56. The summed E-state index contributed by atoms with van der Waals surface area (Å²) in [4.78, 5) is 25.6. The van der Waals surface area contributed by atoms with Gasteiger partial charge in [-0.1, -0.05) is 17.8 Å². The predicted molar refractivity (Wildman–Crippen MR) is 88.2 cm³/mol. The van der Waals surface area contributed by atoms with Crippen LogP contribution < -0.4 is 4.90 Å². The maximum absolute atomic E-state index is 12.4. The summed E-state index contributed by atoms with van der Waals surface area (Å²) in [5.41, 5.74) is 0.967. The van der Waals surface area contributed by atoms with Gasteiger partial charge >= 0.3 is 0 Å². The topological polar surface area (TPSA) is 49.3 Å². The number of amides is 1. The highest BCUT2D eigenvalue weighted by Gasteiger charge is 2.30. The zero-order valence-electron chi connectivity index (χ0n) is 12.6. The van der Waals surface area contributed by atoms with E-state index in [0.717, 1.165) is 56.1 Å². The van der Waals surface area contributed by atoms with E-state index in [2.05, 4.69) is 19.8 Å². The molecule has 0 radical (unpaired) electrons. The number of carbonyl (C=O) groups excluding carboxylic acids is 1. The Bertz CT molecular complexity index is 649. The number of anilines is 1. The molecular weight excluding hydrogens is 296 g/mol. The van der Waals surface area contributed by atoms with E-state index in [1.807, 2.05) is 18.5 Å². The number of pyridine rings is 1. The molecular formula is C16H20N4OS. The number of fused-ring (bicyclic) bond motifs is 1. The number of hydrogen-bond acceptors (Lipinski definition) is 5. The second-order valence-electron chi connectivity index (χ2n) is 6.13. The first-order valence-corrected chi connectivity index (χ1v) is 8.87. The van der Waals surface area contributed by atoms with E-state index in [1.54, 1.807) is 11.3 Å². The molecule has 2 aromatic heterocycles. The van der Waals surface area contributed by atoms with E-state index in [4.69, 9.17) is 0 Å². The summed E-state index contributed by atoms with van der Waals surface area (Å²) < 4.78 is 1.18. The molecule has 1 aliphatic carbocycles. The Morgan fingerprint density at radius 2 is 2.09 bits per heavy atom. The van der Waals surface area contributed by atoms with E-state index in [-0.39, 0.29) is 0 Å². The van der Waals surface area contributed by atoms with Crippen molar-refractivity contribution in [1.82, 2.24) is 14.9 Å². The lowest BCUT2D eigenvalue weighted by atomic mass is 9.84. The minimum atomic E-state index is 0.306. The summed E-state index contributed by atoms with van der Waals surface area (Å²) in [7, 11) is 0. The zero-order chi connectivity index (χ0) is 14.9. The van der Waals surface area contributed by atoms with Gasteiger partial charge in [-0.15, -0.1) is 0 Å². The van der Waals surface area contributed by atoms with Gasteiger partial charge in [0.2, 0.25) is 5.91 Å². The van der Waals surface area contributed by atoms with Gasteiger partial charge in [0.15, 0.2) is 5.13 Å². The average molecular weight is 316 g/mol. The molecule has 1 amide bonds. The third kappa shape index (κ3) is 2.56. The number of aromatic nitrogens is 2. The molecule has 1 saturated heterocycles. The molecule has 0 atom stereocenters. The molecule has 1 aliphatic heterocycles. The molecule has 1 saturated carbocycles. The highest BCUT2D eigenvalue weighted by atomic mass is 32.1. The maximum Gasteiger partial charge on any atom is 0.225 e. The monoisotopic (exact) mass is 316 g/mol. The second kappa shape index (κ2) is 5.83. The van der Waals surface area contributed by atoms with Crippen LogP contribution in [0, 0.1) is 5.92 Å². The minimum absolute atomic E-state index is 0.306. The Morgan fingerprint density at radius 3 is 2.86 bits per heavy atom. The summed E-state index contributed by atoms with van der Waals surface area (Å²) >= 11 is 1.72. The van der Waals surface area contributed by atoms with Crippen molar-refractivity contribution in [2.45, 2.75) is 25.7 Å². The lowest BCUT2D eigenvalue weighted by Gasteiger charge is -2.30. The van der Waals surface area contributed by atoms with Crippen molar-refractivity contribution in [3.05, 3.63) is 18.5 Å². The first-order valence-electron chi connectivity index (χ1n) is 8.05. The van der Waals surface area contributed by atoms with Crippen LogP contribution in [0.2, 0.25) is 0 Å². The van der Waals surface area contributed by atoms with Gasteiger partial charge < -0.3 is 9.80 Å². The van der Waals surface area contributed by atoms with Gasteiger partial charge in [0.1, 0.15) is 5.52 Å². The van der Waals surface area contributed by atoms with E-state index in [1.165, 1.54) is 11.1 Å². The zero-order valence-corrected chi connectivity index (χ0v) is 13.4. The van der Waals surface area contributed by atoms with Crippen LogP contribution in [0.1, 0.15) is 25.7 Å². The molecule has 3 heterocycles. The molecule has 5 nitrogen and oxygen atoms in total. The molecule has 2 aromatic rings. The molecule has 0 N–H and O–H groups in total. The highest BCUT2D eigenvalue weighted by Crippen LogP contribution is 2.30. The van der Waals surface area contributed by atoms with Crippen molar-refractivity contribution in [3.63, 3.8) is 0 Å². The molecule has 0 aromatic carbocycles. The fourth-order valence-corrected chi connectivity index (χ4v) is 4.13. The summed E-state index contributed by atoms with van der Waals surface area (Å²) in [5, 5.41) is 1.06. The van der Waals surface area contributed by atoms with Crippen molar-refractivity contribution >= 4 is 32.6 Å². The molecule has 22 heavy (non-hydrogen) atoms. The first kappa shape index (κ1) is 13.9. The van der Waals surface area contributed by atoms with Crippen molar-refractivity contribution in [2.75, 3.05) is 31.1 Å². The highest BCUT2D eigenvalue weighted by molar-refractivity contribution is 7.22. The van der Waals surface area contributed by atoms with Gasteiger partial charge in [-0.2, -0.15) is 0 Å². The molecule has 2 aliphatic rings. The molecule has 0 unspecified atom stereocenters. The van der Waals surface area contributed by atoms with Gasteiger partial charge in [0.25, 0.3) is 0 Å². The largest absolute Gasteiger partial charge is 0.346 e. The van der Waals surface area contributed by atoms with Crippen LogP contribution in [-0.2, 0) is 4.79 Å². The maximum atomic E-state index is 12.4. The van der Waals surface area contributed by atoms with E-state index in [9.17, 15) is 4.79 Å². The summed E-state index contributed by atoms with van der Waals surface area (Å²) in [6, 6.07) is 2.01. The molecule has 4 rings (SSSR count). The number of thiazole rings is 1. The molecule has 2 fully saturated rings. The second-order valence-corrected chi connectivity index (χ2v) is 7.14. The molecule has 0 bridgehead atoms. The standard InChI is InChI=1S/C16H20N4OS/c21-15(12-3-1-4-12)19-7-2-8-20(10-9-19)16-18-13-11-17-6-5-14(13)22-16/h5-6,11-12H,1-4,7-10H2. The van der Waals surface area contributed by atoms with Crippen LogP contribution in [0.4, 0.5) is 5.13 Å². The third-order valence-electron chi connectivity index (χ3n) is 4.71. The molecule has 0 spiro atoms. The van der Waals surface area contributed by atoms with Crippen molar-refractivity contribution in [3.8, 4) is 0 Å². The van der Waals surface area contributed by atoms with Crippen molar-refractivity contribution < 1.29 is 4.79 Å². The molecule has 6 heteroatoms. The quantitative estimate of drug-likeness (QED) is 0.854. The lowest BCUT2D eigenvalue weighted by molar-refractivity contribution is -0.137. The van der Waals surface area contributed by atoms with Crippen LogP contribution in [0.15, 0.2) is 18.5 Å². The van der Waals surface area contributed by atoms with E-state index < -0.39 is 0 Å². The van der Waals surface area contributed by atoms with Crippen molar-refractivity contribution in [1.29, 1.82) is 0 Å². The van der Waals surface area contributed by atoms with Crippen LogP contribution >= 0.6 is 11.3 Å². The van der Waals surface area contributed by atoms with Crippen LogP contribution in [0.5, 0.6) is 0 Å². The average Bonchev–Trinajstić information content (AvgIpc) is 2.74. The van der Waals surface area contributed by atoms with E-state index in [0.29, 0.717) is 11.8 Å². The fraction of sp³-hybridized carbons (Fsp3) is 0.562. The number of carbonyl (C=O) groups is 1. The SMILES string of the molecule is O=C(C1CCC1)N1CCCN(c2nc3cnccc3s2)CC1. The van der Waals surface area contributed by atoms with Gasteiger partial charge in [-0.25, -0.2) is 4.98 Å².